The third-order valence-electron chi connectivity index (χ3n) is 2.82. The van der Waals surface area contributed by atoms with Crippen molar-refractivity contribution in [3.8, 4) is 0 Å². The Labute approximate surface area is 130 Å². The Bertz CT molecular complexity index is 691. The summed E-state index contributed by atoms with van der Waals surface area (Å²) in [5.74, 6) is -0.618. The first-order valence-electron chi connectivity index (χ1n) is 6.43. The van der Waals surface area contributed by atoms with E-state index in [9.17, 15) is 19.3 Å². The smallest absolute Gasteiger partial charge is 0.271 e. The number of rotatable bonds is 5. The Hall–Kier alpha value is -2.41. The van der Waals surface area contributed by atoms with E-state index in [1.54, 1.807) is 25.1 Å². The van der Waals surface area contributed by atoms with Crippen molar-refractivity contribution in [2.45, 2.75) is 17.1 Å². The van der Waals surface area contributed by atoms with Gasteiger partial charge in [0.05, 0.1) is 10.2 Å². The van der Waals surface area contributed by atoms with Crippen molar-refractivity contribution < 1.29 is 14.1 Å². The van der Waals surface area contributed by atoms with Gasteiger partial charge in [-0.2, -0.15) is 0 Å². The summed E-state index contributed by atoms with van der Waals surface area (Å²) in [5.41, 5.74) is 0.280. The molecule has 0 aliphatic carbocycles. The molecule has 0 aromatic heterocycles. The van der Waals surface area contributed by atoms with Gasteiger partial charge in [-0.25, -0.2) is 4.39 Å². The number of nitro groups is 1. The molecule has 0 fully saturated rings. The van der Waals surface area contributed by atoms with Crippen LogP contribution in [0.4, 0.5) is 15.8 Å². The van der Waals surface area contributed by atoms with Gasteiger partial charge >= 0.3 is 0 Å². The summed E-state index contributed by atoms with van der Waals surface area (Å²) in [7, 11) is 0. The zero-order valence-electron chi connectivity index (χ0n) is 11.7. The minimum atomic E-state index is -0.521. The van der Waals surface area contributed by atoms with Crippen molar-refractivity contribution in [1.29, 1.82) is 0 Å². The second-order valence-corrected chi connectivity index (χ2v) is 5.92. The van der Waals surface area contributed by atoms with Crippen LogP contribution in [0.25, 0.3) is 0 Å². The first kappa shape index (κ1) is 16.0. The van der Waals surface area contributed by atoms with Gasteiger partial charge in [-0.1, -0.05) is 6.07 Å². The highest BCUT2D eigenvalue weighted by Gasteiger charge is 2.15. The molecular formula is C15H13FN2O3S. The van der Waals surface area contributed by atoms with Gasteiger partial charge in [0.25, 0.3) is 5.69 Å². The average Bonchev–Trinajstić information content (AvgIpc) is 2.49. The number of nitrogens with one attached hydrogen (secondary N) is 1. The molecule has 1 N–H and O–H groups in total. The van der Waals surface area contributed by atoms with Gasteiger partial charge in [-0.3, -0.25) is 14.9 Å². The number of benzene rings is 2. The van der Waals surface area contributed by atoms with Crippen LogP contribution < -0.4 is 5.32 Å². The van der Waals surface area contributed by atoms with E-state index in [2.05, 4.69) is 5.32 Å². The maximum absolute atomic E-state index is 12.8. The predicted molar refractivity (Wildman–Crippen MR) is 83.4 cm³/mol. The van der Waals surface area contributed by atoms with Crippen LogP contribution in [0, 0.1) is 15.9 Å². The average molecular weight is 320 g/mol. The normalized spacial score (nSPS) is 11.7. The molecule has 22 heavy (non-hydrogen) atoms. The topological polar surface area (TPSA) is 72.2 Å². The number of anilines is 1. The Morgan fingerprint density at radius 3 is 2.59 bits per heavy atom. The summed E-state index contributed by atoms with van der Waals surface area (Å²) in [5, 5.41) is 12.9. The van der Waals surface area contributed by atoms with E-state index >= 15 is 0 Å². The van der Waals surface area contributed by atoms with Gasteiger partial charge in [0, 0.05) is 22.7 Å². The molecule has 0 spiro atoms. The number of hydrogen-bond acceptors (Lipinski definition) is 4. The molecule has 5 nitrogen and oxygen atoms in total. The number of amides is 1. The molecule has 1 unspecified atom stereocenters. The molecule has 2 aromatic rings. The number of hydrogen-bond donors (Lipinski definition) is 1. The Balaban J connectivity index is 2.00. The van der Waals surface area contributed by atoms with E-state index in [0.717, 1.165) is 4.90 Å². The highest BCUT2D eigenvalue weighted by Crippen LogP contribution is 2.25. The van der Waals surface area contributed by atoms with E-state index in [4.69, 9.17) is 0 Å². The molecule has 0 heterocycles. The van der Waals surface area contributed by atoms with Crippen molar-refractivity contribution in [2.24, 2.45) is 0 Å². The highest BCUT2D eigenvalue weighted by molar-refractivity contribution is 8.00. The Morgan fingerprint density at radius 2 is 1.95 bits per heavy atom. The van der Waals surface area contributed by atoms with Crippen LogP contribution in [0.15, 0.2) is 53.4 Å². The van der Waals surface area contributed by atoms with E-state index < -0.39 is 10.2 Å². The van der Waals surface area contributed by atoms with Gasteiger partial charge in [-0.05, 0) is 37.3 Å². The quantitative estimate of drug-likeness (QED) is 0.516. The molecule has 2 aromatic carbocycles. The summed E-state index contributed by atoms with van der Waals surface area (Å²) >= 11 is 1.28. The third kappa shape index (κ3) is 4.29. The minimum Gasteiger partial charge on any atom is -0.325 e. The van der Waals surface area contributed by atoms with E-state index in [-0.39, 0.29) is 17.4 Å². The summed E-state index contributed by atoms with van der Waals surface area (Å²) in [6, 6.07) is 11.6. The van der Waals surface area contributed by atoms with Gasteiger partial charge in [0.1, 0.15) is 5.82 Å². The molecular weight excluding hydrogens is 307 g/mol. The molecule has 114 valence electrons. The molecule has 0 saturated carbocycles. The minimum absolute atomic E-state index is 0.0864. The standard InChI is InChI=1S/C15H13FN2O3S/c1-10(22-14-7-5-11(16)6-8-14)15(19)17-12-3-2-4-13(9-12)18(20)21/h2-10H,1H3,(H,17,19). The lowest BCUT2D eigenvalue weighted by Crippen LogP contribution is -2.22. The van der Waals surface area contributed by atoms with E-state index in [1.807, 2.05) is 0 Å². The fraction of sp³-hybridized carbons (Fsp3) is 0.133. The zero-order valence-corrected chi connectivity index (χ0v) is 12.5. The first-order valence-corrected chi connectivity index (χ1v) is 7.31. The molecule has 2 rings (SSSR count). The number of nitrogens with zero attached hydrogens (tertiary/aromatic N) is 1. The van der Waals surface area contributed by atoms with Crippen LogP contribution in [0.5, 0.6) is 0 Å². The number of non-ortho nitro benzene ring substituents is 1. The maximum Gasteiger partial charge on any atom is 0.271 e. The van der Waals surface area contributed by atoms with Gasteiger partial charge in [0.2, 0.25) is 5.91 Å². The highest BCUT2D eigenvalue weighted by atomic mass is 32.2. The maximum atomic E-state index is 12.8. The van der Waals surface area contributed by atoms with E-state index in [1.165, 1.54) is 42.1 Å². The van der Waals surface area contributed by atoms with Crippen LogP contribution in [-0.2, 0) is 4.79 Å². The Morgan fingerprint density at radius 1 is 1.27 bits per heavy atom. The largest absolute Gasteiger partial charge is 0.325 e. The fourth-order valence-electron chi connectivity index (χ4n) is 1.71. The molecule has 1 amide bonds. The third-order valence-corrected chi connectivity index (χ3v) is 3.93. The lowest BCUT2D eigenvalue weighted by atomic mass is 10.2. The SMILES string of the molecule is CC(Sc1ccc(F)cc1)C(=O)Nc1cccc([N+](=O)[O-])c1. The Kier molecular flexibility index (Phi) is 5.11. The van der Waals surface area contributed by atoms with E-state index in [0.29, 0.717) is 5.69 Å². The van der Waals surface area contributed by atoms with Crippen LogP contribution in [-0.4, -0.2) is 16.1 Å². The predicted octanol–water partition coefficient (Wildman–Crippen LogP) is 3.85. The fourth-order valence-corrected chi connectivity index (χ4v) is 2.58. The number of carbonyl (C=O) groups excluding carboxylic acids is 1. The summed E-state index contributed by atoms with van der Waals surface area (Å²) in [6.07, 6.45) is 0. The molecule has 1 atom stereocenters. The summed E-state index contributed by atoms with van der Waals surface area (Å²) in [6.45, 7) is 1.71. The van der Waals surface area contributed by atoms with Crippen molar-refractivity contribution in [3.05, 3.63) is 64.5 Å². The first-order chi connectivity index (χ1) is 10.5. The van der Waals surface area contributed by atoms with Gasteiger partial charge in [0.15, 0.2) is 0 Å². The van der Waals surface area contributed by atoms with Crippen LogP contribution in [0.3, 0.4) is 0 Å². The number of nitro benzene ring substituents is 1. The summed E-state index contributed by atoms with van der Waals surface area (Å²) < 4.78 is 12.8. The molecule has 0 aliphatic rings. The van der Waals surface area contributed by atoms with Gasteiger partial charge < -0.3 is 5.32 Å². The van der Waals surface area contributed by atoms with Crippen molar-refractivity contribution >= 4 is 29.0 Å². The zero-order chi connectivity index (χ0) is 16.1. The van der Waals surface area contributed by atoms with Crippen molar-refractivity contribution in [2.75, 3.05) is 5.32 Å². The number of carbonyl (C=O) groups is 1. The monoisotopic (exact) mass is 320 g/mol. The molecule has 0 radical (unpaired) electrons. The second-order valence-electron chi connectivity index (χ2n) is 4.51. The lowest BCUT2D eigenvalue weighted by molar-refractivity contribution is -0.384. The van der Waals surface area contributed by atoms with Gasteiger partial charge in [-0.15, -0.1) is 11.8 Å². The molecule has 0 aliphatic heterocycles. The van der Waals surface area contributed by atoms with Crippen LogP contribution in [0.2, 0.25) is 0 Å². The second kappa shape index (κ2) is 7.04. The van der Waals surface area contributed by atoms with Crippen molar-refractivity contribution in [3.63, 3.8) is 0 Å². The number of thioether (sulfide) groups is 1. The van der Waals surface area contributed by atoms with Crippen LogP contribution >= 0.6 is 11.8 Å². The van der Waals surface area contributed by atoms with Crippen LogP contribution in [0.1, 0.15) is 6.92 Å². The number of halogens is 1. The molecule has 7 heteroatoms. The lowest BCUT2D eigenvalue weighted by Gasteiger charge is -2.12. The summed E-state index contributed by atoms with van der Waals surface area (Å²) in [4.78, 5) is 23.0. The molecule has 0 saturated heterocycles. The molecule has 0 bridgehead atoms. The van der Waals surface area contributed by atoms with Crippen molar-refractivity contribution in [1.82, 2.24) is 0 Å².